The van der Waals surface area contributed by atoms with E-state index in [1.54, 1.807) is 0 Å². The molecule has 1 unspecified atom stereocenters. The Balaban J connectivity index is 2.42. The van der Waals surface area contributed by atoms with E-state index >= 15 is 0 Å². The second kappa shape index (κ2) is 7.44. The number of likely N-dealkylation sites (N-methyl/N-ethyl adjacent to an activating group) is 1. The van der Waals surface area contributed by atoms with Crippen molar-refractivity contribution >= 4 is 11.8 Å². The number of piperidine rings is 1. The van der Waals surface area contributed by atoms with Crippen LogP contribution < -0.4 is 5.73 Å². The van der Waals surface area contributed by atoms with Crippen molar-refractivity contribution in [2.45, 2.75) is 19.0 Å². The summed E-state index contributed by atoms with van der Waals surface area (Å²) in [6.45, 7) is -0.195. The fourth-order valence-electron chi connectivity index (χ4n) is 2.22. The van der Waals surface area contributed by atoms with E-state index in [-0.39, 0.29) is 24.9 Å². The van der Waals surface area contributed by atoms with Gasteiger partial charge >= 0.3 is 6.18 Å². The highest BCUT2D eigenvalue weighted by molar-refractivity contribution is 5.88. The van der Waals surface area contributed by atoms with Crippen molar-refractivity contribution in [3.8, 4) is 0 Å². The van der Waals surface area contributed by atoms with Crippen molar-refractivity contribution in [3.63, 3.8) is 0 Å². The van der Waals surface area contributed by atoms with Gasteiger partial charge in [0.15, 0.2) is 0 Å². The van der Waals surface area contributed by atoms with E-state index in [1.165, 1.54) is 24.1 Å². The van der Waals surface area contributed by atoms with E-state index < -0.39 is 18.6 Å². The quantitative estimate of drug-likeness (QED) is 0.763. The molecule has 0 aromatic heterocycles. The SMILES string of the molecule is CN(C/C=C/C(=O)N1CCCC(C(N)=O)C1)CC(F)(F)F. The molecule has 5 nitrogen and oxygen atoms in total. The van der Waals surface area contributed by atoms with Crippen LogP contribution in [0.5, 0.6) is 0 Å². The largest absolute Gasteiger partial charge is 0.401 e. The van der Waals surface area contributed by atoms with Gasteiger partial charge in [0.05, 0.1) is 12.5 Å². The molecule has 2 N–H and O–H groups in total. The number of hydrogen-bond acceptors (Lipinski definition) is 3. The minimum absolute atomic E-state index is 0.0261. The Morgan fingerprint density at radius 3 is 2.67 bits per heavy atom. The third kappa shape index (κ3) is 6.61. The number of amides is 2. The van der Waals surface area contributed by atoms with Crippen LogP contribution in [0.15, 0.2) is 12.2 Å². The molecular weight excluding hydrogens is 287 g/mol. The molecule has 1 saturated heterocycles. The molecule has 120 valence electrons. The summed E-state index contributed by atoms with van der Waals surface area (Å²) in [5.74, 6) is -1.08. The lowest BCUT2D eigenvalue weighted by atomic mass is 9.97. The Kier molecular flexibility index (Phi) is 6.19. The summed E-state index contributed by atoms with van der Waals surface area (Å²) in [5.41, 5.74) is 5.22. The van der Waals surface area contributed by atoms with Gasteiger partial charge in [-0.15, -0.1) is 0 Å². The molecule has 1 fully saturated rings. The van der Waals surface area contributed by atoms with Gasteiger partial charge < -0.3 is 10.6 Å². The number of rotatable bonds is 5. The number of nitrogens with two attached hydrogens (primary N) is 1. The van der Waals surface area contributed by atoms with Crippen molar-refractivity contribution in [1.29, 1.82) is 0 Å². The normalized spacial score (nSPS) is 20.2. The van der Waals surface area contributed by atoms with E-state index in [2.05, 4.69) is 0 Å². The molecule has 1 atom stereocenters. The Hall–Kier alpha value is -1.57. The standard InChI is InChI=1S/C13H20F3N3O2/c1-18(9-13(14,15)16)6-3-5-11(20)19-7-2-4-10(8-19)12(17)21/h3,5,10H,2,4,6-9H2,1H3,(H2,17,21)/b5-3+. The first-order chi connectivity index (χ1) is 9.69. The summed E-state index contributed by atoms with van der Waals surface area (Å²) in [6, 6.07) is 0. The highest BCUT2D eigenvalue weighted by atomic mass is 19.4. The molecule has 0 radical (unpaired) electrons. The fourth-order valence-corrected chi connectivity index (χ4v) is 2.22. The lowest BCUT2D eigenvalue weighted by Gasteiger charge is -2.30. The molecule has 1 aliphatic heterocycles. The average Bonchev–Trinajstić information content (AvgIpc) is 2.36. The minimum atomic E-state index is -4.26. The van der Waals surface area contributed by atoms with Gasteiger partial charge in [0.2, 0.25) is 11.8 Å². The fraction of sp³-hybridized carbons (Fsp3) is 0.692. The van der Waals surface area contributed by atoms with Gasteiger partial charge in [0.25, 0.3) is 0 Å². The van der Waals surface area contributed by atoms with Crippen LogP contribution in [0, 0.1) is 5.92 Å². The molecule has 0 aromatic carbocycles. The second-order valence-corrected chi connectivity index (χ2v) is 5.24. The molecule has 21 heavy (non-hydrogen) atoms. The molecular formula is C13H20F3N3O2. The first-order valence-corrected chi connectivity index (χ1v) is 6.69. The zero-order valence-corrected chi connectivity index (χ0v) is 11.9. The number of likely N-dealkylation sites (tertiary alicyclic amines) is 1. The number of halogens is 3. The molecule has 0 saturated carbocycles. The summed E-state index contributed by atoms with van der Waals surface area (Å²) in [5, 5.41) is 0. The van der Waals surface area contributed by atoms with E-state index in [9.17, 15) is 22.8 Å². The third-order valence-corrected chi connectivity index (χ3v) is 3.26. The summed E-state index contributed by atoms with van der Waals surface area (Å²) in [6.07, 6.45) is -0.259. The predicted octanol–water partition coefficient (Wildman–Crippen LogP) is 0.761. The van der Waals surface area contributed by atoms with Crippen LogP contribution in [0.3, 0.4) is 0 Å². The van der Waals surface area contributed by atoms with Gasteiger partial charge in [-0.25, -0.2) is 0 Å². The molecule has 0 bridgehead atoms. The maximum atomic E-state index is 12.1. The highest BCUT2D eigenvalue weighted by Crippen LogP contribution is 2.17. The smallest absolute Gasteiger partial charge is 0.369 e. The molecule has 0 aliphatic carbocycles. The monoisotopic (exact) mass is 307 g/mol. The zero-order valence-electron chi connectivity index (χ0n) is 11.9. The summed E-state index contributed by atoms with van der Waals surface area (Å²) in [7, 11) is 1.33. The summed E-state index contributed by atoms with van der Waals surface area (Å²) < 4.78 is 36.4. The Morgan fingerprint density at radius 1 is 1.43 bits per heavy atom. The van der Waals surface area contributed by atoms with Crippen LogP contribution in [0.25, 0.3) is 0 Å². The summed E-state index contributed by atoms with van der Waals surface area (Å²) in [4.78, 5) is 25.6. The molecule has 0 aromatic rings. The van der Waals surface area contributed by atoms with Gasteiger partial charge in [0.1, 0.15) is 0 Å². The van der Waals surface area contributed by atoms with Crippen LogP contribution in [-0.4, -0.2) is 61.0 Å². The number of carbonyl (C=O) groups is 2. The molecule has 0 spiro atoms. The van der Waals surface area contributed by atoms with Crippen molar-refractivity contribution < 1.29 is 22.8 Å². The maximum Gasteiger partial charge on any atom is 0.401 e. The van der Waals surface area contributed by atoms with Crippen LogP contribution >= 0.6 is 0 Å². The molecule has 2 amide bonds. The van der Waals surface area contributed by atoms with Crippen LogP contribution in [0.2, 0.25) is 0 Å². The third-order valence-electron chi connectivity index (χ3n) is 3.26. The van der Waals surface area contributed by atoms with E-state index in [0.29, 0.717) is 19.4 Å². The highest BCUT2D eigenvalue weighted by Gasteiger charge is 2.29. The van der Waals surface area contributed by atoms with E-state index in [1.807, 2.05) is 0 Å². The number of alkyl halides is 3. The van der Waals surface area contributed by atoms with Crippen molar-refractivity contribution in [2.24, 2.45) is 11.7 Å². The van der Waals surface area contributed by atoms with E-state index in [0.717, 1.165) is 4.90 Å². The number of primary amides is 1. The molecule has 8 heteroatoms. The first-order valence-electron chi connectivity index (χ1n) is 6.69. The topological polar surface area (TPSA) is 66.6 Å². The lowest BCUT2D eigenvalue weighted by Crippen LogP contribution is -2.43. The van der Waals surface area contributed by atoms with Crippen LogP contribution in [-0.2, 0) is 9.59 Å². The maximum absolute atomic E-state index is 12.1. The van der Waals surface area contributed by atoms with Crippen molar-refractivity contribution in [2.75, 3.05) is 33.2 Å². The van der Waals surface area contributed by atoms with Gasteiger partial charge in [-0.3, -0.25) is 14.5 Å². The molecule has 1 rings (SSSR count). The van der Waals surface area contributed by atoms with Crippen molar-refractivity contribution in [3.05, 3.63) is 12.2 Å². The van der Waals surface area contributed by atoms with E-state index in [4.69, 9.17) is 5.73 Å². The molecule has 1 aliphatic rings. The number of nitrogens with zero attached hydrogens (tertiary/aromatic N) is 2. The van der Waals surface area contributed by atoms with Crippen LogP contribution in [0.4, 0.5) is 13.2 Å². The summed E-state index contributed by atoms with van der Waals surface area (Å²) >= 11 is 0. The predicted molar refractivity (Wildman–Crippen MR) is 71.2 cm³/mol. The lowest BCUT2D eigenvalue weighted by molar-refractivity contribution is -0.141. The second-order valence-electron chi connectivity index (χ2n) is 5.24. The van der Waals surface area contributed by atoms with Gasteiger partial charge in [0, 0.05) is 25.7 Å². The Morgan fingerprint density at radius 2 is 2.10 bits per heavy atom. The number of hydrogen-bond donors (Lipinski definition) is 1. The Labute approximate surface area is 121 Å². The van der Waals surface area contributed by atoms with Crippen LogP contribution in [0.1, 0.15) is 12.8 Å². The first kappa shape index (κ1) is 17.5. The van der Waals surface area contributed by atoms with Gasteiger partial charge in [-0.1, -0.05) is 6.08 Å². The Bertz CT molecular complexity index is 410. The average molecular weight is 307 g/mol. The van der Waals surface area contributed by atoms with Gasteiger partial charge in [-0.2, -0.15) is 13.2 Å². The van der Waals surface area contributed by atoms with Gasteiger partial charge in [-0.05, 0) is 19.9 Å². The zero-order chi connectivity index (χ0) is 16.0. The van der Waals surface area contributed by atoms with Crippen molar-refractivity contribution in [1.82, 2.24) is 9.80 Å². The minimum Gasteiger partial charge on any atom is -0.369 e. The molecule has 1 heterocycles. The number of carbonyl (C=O) groups excluding carboxylic acids is 2.